The first-order chi connectivity index (χ1) is 13.5. The van der Waals surface area contributed by atoms with E-state index in [4.69, 9.17) is 10.5 Å². The van der Waals surface area contributed by atoms with Gasteiger partial charge in [0.1, 0.15) is 5.75 Å². The highest BCUT2D eigenvalue weighted by Gasteiger charge is 2.34. The van der Waals surface area contributed by atoms with Gasteiger partial charge in [-0.1, -0.05) is 12.1 Å². The van der Waals surface area contributed by atoms with E-state index in [0.717, 1.165) is 5.56 Å². The monoisotopic (exact) mass is 384 g/mol. The van der Waals surface area contributed by atoms with Crippen molar-refractivity contribution >= 4 is 11.8 Å². The van der Waals surface area contributed by atoms with Crippen LogP contribution < -0.4 is 10.5 Å². The normalized spacial score (nSPS) is 18.9. The topological polar surface area (TPSA) is 113 Å². The van der Waals surface area contributed by atoms with E-state index in [1.807, 2.05) is 6.07 Å². The average Bonchev–Trinajstić information content (AvgIpc) is 3.16. The Balaban J connectivity index is 1.92. The molecule has 148 valence electrons. The van der Waals surface area contributed by atoms with E-state index in [2.05, 4.69) is 0 Å². The molecule has 1 aliphatic heterocycles. The molecule has 2 aromatic carbocycles. The summed E-state index contributed by atoms with van der Waals surface area (Å²) >= 11 is 0. The Morgan fingerprint density at radius 2 is 1.75 bits per heavy atom. The molecule has 2 atom stereocenters. The number of primary amides is 1. The molecule has 7 nitrogen and oxygen atoms in total. The van der Waals surface area contributed by atoms with Crippen LogP contribution in [0.5, 0.6) is 5.75 Å². The Bertz CT molecular complexity index is 871. The number of hydrogen-bond donors (Lipinski definition) is 3. The van der Waals surface area contributed by atoms with Gasteiger partial charge >= 0.3 is 0 Å². The number of ether oxygens (including phenoxy) is 1. The molecule has 3 rings (SSSR count). The molecule has 0 aliphatic carbocycles. The number of nitrogens with two attached hydrogens (primary N) is 1. The van der Waals surface area contributed by atoms with Gasteiger partial charge in [-0.05, 0) is 35.9 Å². The molecule has 4 N–H and O–H groups in total. The quantitative estimate of drug-likeness (QED) is 0.691. The van der Waals surface area contributed by atoms with Gasteiger partial charge in [0.15, 0.2) is 0 Å². The van der Waals surface area contributed by atoms with Gasteiger partial charge < -0.3 is 25.6 Å². The zero-order valence-electron chi connectivity index (χ0n) is 15.7. The minimum Gasteiger partial charge on any atom is -0.496 e. The zero-order valence-corrected chi connectivity index (χ0v) is 15.7. The Morgan fingerprint density at radius 1 is 1.07 bits per heavy atom. The fraction of sp³-hybridized carbons (Fsp3) is 0.333. The highest BCUT2D eigenvalue weighted by molar-refractivity contribution is 5.97. The Kier molecular flexibility index (Phi) is 5.96. The third-order valence-corrected chi connectivity index (χ3v) is 5.24. The lowest BCUT2D eigenvalue weighted by Crippen LogP contribution is -2.29. The van der Waals surface area contributed by atoms with Crippen LogP contribution >= 0.6 is 0 Å². The fourth-order valence-corrected chi connectivity index (χ4v) is 3.61. The smallest absolute Gasteiger partial charge is 0.253 e. The van der Waals surface area contributed by atoms with Crippen molar-refractivity contribution < 1.29 is 24.5 Å². The summed E-state index contributed by atoms with van der Waals surface area (Å²) in [4.78, 5) is 26.1. The molecule has 0 aromatic heterocycles. The van der Waals surface area contributed by atoms with E-state index in [1.165, 1.54) is 7.11 Å². The lowest BCUT2D eigenvalue weighted by molar-refractivity contribution is 0.0778. The number of rotatable bonds is 6. The minimum absolute atomic E-state index is 0.0633. The van der Waals surface area contributed by atoms with Crippen molar-refractivity contribution in [2.45, 2.75) is 0 Å². The number of nitrogens with zero attached hydrogens (tertiary/aromatic N) is 1. The predicted octanol–water partition coefficient (Wildman–Crippen LogP) is 1.13. The molecule has 0 bridgehead atoms. The average molecular weight is 384 g/mol. The van der Waals surface area contributed by atoms with Crippen LogP contribution in [0.3, 0.4) is 0 Å². The van der Waals surface area contributed by atoms with Crippen LogP contribution in [0.4, 0.5) is 0 Å². The van der Waals surface area contributed by atoms with Crippen molar-refractivity contribution in [3.8, 4) is 16.9 Å². The number of aliphatic hydroxyl groups excluding tert-OH is 2. The van der Waals surface area contributed by atoms with Crippen LogP contribution in [-0.2, 0) is 0 Å². The molecule has 1 saturated heterocycles. The molecule has 0 saturated carbocycles. The molecular formula is C21H24N2O5. The molecule has 28 heavy (non-hydrogen) atoms. The molecule has 0 spiro atoms. The van der Waals surface area contributed by atoms with Gasteiger partial charge in [-0.15, -0.1) is 0 Å². The summed E-state index contributed by atoms with van der Waals surface area (Å²) in [6.07, 6.45) is 0. The molecule has 1 aliphatic rings. The summed E-state index contributed by atoms with van der Waals surface area (Å²) < 4.78 is 5.39. The van der Waals surface area contributed by atoms with Crippen LogP contribution in [0.15, 0.2) is 42.5 Å². The lowest BCUT2D eigenvalue weighted by Gasteiger charge is -2.17. The van der Waals surface area contributed by atoms with Gasteiger partial charge in [0.2, 0.25) is 5.91 Å². The van der Waals surface area contributed by atoms with Gasteiger partial charge in [-0.25, -0.2) is 0 Å². The number of aliphatic hydroxyl groups is 2. The minimum atomic E-state index is -0.543. The van der Waals surface area contributed by atoms with E-state index in [1.54, 1.807) is 41.3 Å². The second kappa shape index (κ2) is 8.41. The van der Waals surface area contributed by atoms with Crippen LogP contribution in [0.25, 0.3) is 11.1 Å². The van der Waals surface area contributed by atoms with Gasteiger partial charge in [0, 0.05) is 54.8 Å². The largest absolute Gasteiger partial charge is 0.496 e. The summed E-state index contributed by atoms with van der Waals surface area (Å²) in [6.45, 7) is 0.689. The van der Waals surface area contributed by atoms with Gasteiger partial charge in [0.25, 0.3) is 5.91 Å². The third-order valence-electron chi connectivity index (χ3n) is 5.24. The Hall–Kier alpha value is -2.90. The van der Waals surface area contributed by atoms with Crippen LogP contribution in [-0.4, -0.2) is 60.3 Å². The number of likely N-dealkylation sites (tertiary alicyclic amines) is 1. The SMILES string of the molecule is COc1ccc(C(N)=O)cc1-c1cccc(C(=O)N2C[C@@H](CO)[C@H](CO)C2)c1. The number of benzene rings is 2. The summed E-state index contributed by atoms with van der Waals surface area (Å²) in [5, 5.41) is 18.9. The van der Waals surface area contributed by atoms with E-state index in [9.17, 15) is 19.8 Å². The first-order valence-electron chi connectivity index (χ1n) is 9.07. The maximum Gasteiger partial charge on any atom is 0.253 e. The maximum atomic E-state index is 12.9. The molecule has 7 heteroatoms. The maximum absolute atomic E-state index is 12.9. The van der Waals surface area contributed by atoms with Crippen LogP contribution in [0.1, 0.15) is 20.7 Å². The standard InChI is InChI=1S/C21H24N2O5/c1-28-19-6-5-14(20(22)26)8-18(19)13-3-2-4-15(7-13)21(27)23-9-16(11-24)17(10-23)12-25/h2-8,16-17,24-25H,9-12H2,1H3,(H2,22,26)/t16-,17-/m0/s1. The number of carbonyl (C=O) groups excluding carboxylic acids is 2. The predicted molar refractivity (Wildman–Crippen MR) is 104 cm³/mol. The first kappa shape index (κ1) is 19.9. The highest BCUT2D eigenvalue weighted by atomic mass is 16.5. The summed E-state index contributed by atoms with van der Waals surface area (Å²) in [7, 11) is 1.53. The van der Waals surface area contributed by atoms with E-state index < -0.39 is 5.91 Å². The number of methoxy groups -OCH3 is 1. The van der Waals surface area contributed by atoms with Gasteiger partial charge in [-0.3, -0.25) is 9.59 Å². The van der Waals surface area contributed by atoms with Crippen molar-refractivity contribution in [2.75, 3.05) is 33.4 Å². The van der Waals surface area contributed by atoms with Crippen LogP contribution in [0, 0.1) is 11.8 Å². The summed E-state index contributed by atoms with van der Waals surface area (Å²) in [5.74, 6) is -0.384. The first-order valence-corrected chi connectivity index (χ1v) is 9.07. The second-order valence-electron chi connectivity index (χ2n) is 6.96. The van der Waals surface area contributed by atoms with Crippen molar-refractivity contribution in [1.29, 1.82) is 0 Å². The molecule has 0 radical (unpaired) electrons. The summed E-state index contributed by atoms with van der Waals surface area (Å²) in [6, 6.07) is 12.0. The molecule has 2 aromatic rings. The van der Waals surface area contributed by atoms with E-state index in [0.29, 0.717) is 35.5 Å². The second-order valence-corrected chi connectivity index (χ2v) is 6.96. The zero-order chi connectivity index (χ0) is 20.3. The Morgan fingerprint density at radius 3 is 2.32 bits per heavy atom. The van der Waals surface area contributed by atoms with Crippen molar-refractivity contribution in [2.24, 2.45) is 17.6 Å². The van der Waals surface area contributed by atoms with Crippen LogP contribution in [0.2, 0.25) is 0 Å². The third kappa shape index (κ3) is 3.85. The van der Waals surface area contributed by atoms with Crippen molar-refractivity contribution in [3.05, 3.63) is 53.6 Å². The van der Waals surface area contributed by atoms with Crippen molar-refractivity contribution in [1.82, 2.24) is 4.90 Å². The molecule has 0 unspecified atom stereocenters. The van der Waals surface area contributed by atoms with E-state index in [-0.39, 0.29) is 31.0 Å². The summed E-state index contributed by atoms with van der Waals surface area (Å²) in [5.41, 5.74) is 7.61. The van der Waals surface area contributed by atoms with Gasteiger partial charge in [-0.2, -0.15) is 0 Å². The number of carbonyl (C=O) groups is 2. The number of hydrogen-bond acceptors (Lipinski definition) is 5. The molecule has 2 amide bonds. The molecule has 1 heterocycles. The van der Waals surface area contributed by atoms with Crippen molar-refractivity contribution in [3.63, 3.8) is 0 Å². The fourth-order valence-electron chi connectivity index (χ4n) is 3.61. The highest BCUT2D eigenvalue weighted by Crippen LogP contribution is 2.32. The number of amides is 2. The van der Waals surface area contributed by atoms with Gasteiger partial charge in [0.05, 0.1) is 7.11 Å². The molecule has 1 fully saturated rings. The van der Waals surface area contributed by atoms with E-state index >= 15 is 0 Å². The lowest BCUT2D eigenvalue weighted by atomic mass is 9.98. The Labute approximate surface area is 163 Å². The molecular weight excluding hydrogens is 360 g/mol.